The Morgan fingerprint density at radius 2 is 1.83 bits per heavy atom. The molecule has 0 spiro atoms. The van der Waals surface area contributed by atoms with Crippen LogP contribution in [0.1, 0.15) is 21.5 Å². The molecule has 0 aliphatic heterocycles. The second-order valence-corrected chi connectivity index (χ2v) is 5.89. The van der Waals surface area contributed by atoms with Crippen LogP contribution in [-0.4, -0.2) is 22.2 Å². The average molecular weight is 400 g/mol. The Kier molecular flexibility index (Phi) is 5.77. The van der Waals surface area contributed by atoms with Gasteiger partial charge in [0, 0.05) is 11.9 Å². The number of rotatable bonds is 5. The number of hydrazone groups is 1. The fraction of sp³-hybridized carbons (Fsp3) is 0.0500. The van der Waals surface area contributed by atoms with E-state index < -0.39 is 17.6 Å². The van der Waals surface area contributed by atoms with E-state index in [0.717, 1.165) is 12.1 Å². The Morgan fingerprint density at radius 1 is 1.07 bits per heavy atom. The van der Waals surface area contributed by atoms with Crippen LogP contribution < -0.4 is 10.7 Å². The first-order chi connectivity index (χ1) is 13.8. The zero-order valence-electron chi connectivity index (χ0n) is 14.8. The SMILES string of the molecule is O=C(N/N=C/c1ccc(O)cc1)c1cccnc1Nc1cccc(C(F)(F)F)c1. The van der Waals surface area contributed by atoms with Crippen molar-refractivity contribution in [2.45, 2.75) is 6.18 Å². The zero-order valence-corrected chi connectivity index (χ0v) is 14.8. The third kappa shape index (κ3) is 5.32. The number of hydrogen-bond donors (Lipinski definition) is 3. The standard InChI is InChI=1S/C20H15F3N4O2/c21-20(22,23)14-3-1-4-15(11-14)26-18-17(5-2-10-24-18)19(29)27-25-12-13-6-8-16(28)9-7-13/h1-12,28H,(H,24,26)(H,27,29)/b25-12+. The molecule has 0 saturated heterocycles. The molecule has 29 heavy (non-hydrogen) atoms. The van der Waals surface area contributed by atoms with Gasteiger partial charge < -0.3 is 10.4 Å². The molecule has 1 aromatic heterocycles. The van der Waals surface area contributed by atoms with Crippen molar-refractivity contribution < 1.29 is 23.1 Å². The van der Waals surface area contributed by atoms with Gasteiger partial charge in [-0.2, -0.15) is 18.3 Å². The number of nitrogens with zero attached hydrogens (tertiary/aromatic N) is 2. The fourth-order valence-electron chi connectivity index (χ4n) is 2.38. The van der Waals surface area contributed by atoms with Gasteiger partial charge in [0.25, 0.3) is 5.91 Å². The molecule has 0 bridgehead atoms. The van der Waals surface area contributed by atoms with Crippen LogP contribution in [0.25, 0.3) is 0 Å². The number of hydrogen-bond acceptors (Lipinski definition) is 5. The van der Waals surface area contributed by atoms with E-state index in [1.54, 1.807) is 12.1 Å². The number of amides is 1. The predicted octanol–water partition coefficient (Wildman–Crippen LogP) is 4.31. The summed E-state index contributed by atoms with van der Waals surface area (Å²) in [5.74, 6) is -0.404. The number of benzene rings is 2. The van der Waals surface area contributed by atoms with Crippen LogP contribution in [0, 0.1) is 0 Å². The summed E-state index contributed by atoms with van der Waals surface area (Å²) in [6.45, 7) is 0. The van der Waals surface area contributed by atoms with E-state index in [2.05, 4.69) is 20.8 Å². The fourth-order valence-corrected chi connectivity index (χ4v) is 2.38. The van der Waals surface area contributed by atoms with E-state index in [9.17, 15) is 23.1 Å². The molecule has 3 rings (SSSR count). The average Bonchev–Trinajstić information content (AvgIpc) is 2.69. The number of carbonyl (C=O) groups excluding carboxylic acids is 1. The third-order valence-corrected chi connectivity index (χ3v) is 3.78. The molecule has 0 aliphatic rings. The highest BCUT2D eigenvalue weighted by atomic mass is 19.4. The lowest BCUT2D eigenvalue weighted by Gasteiger charge is -2.12. The molecule has 0 atom stereocenters. The molecule has 0 saturated carbocycles. The van der Waals surface area contributed by atoms with E-state index in [4.69, 9.17) is 0 Å². The van der Waals surface area contributed by atoms with Crippen molar-refractivity contribution >= 4 is 23.6 Å². The highest BCUT2D eigenvalue weighted by molar-refractivity contribution is 5.99. The topological polar surface area (TPSA) is 86.6 Å². The number of aromatic hydroxyl groups is 1. The maximum absolute atomic E-state index is 12.9. The molecule has 0 unspecified atom stereocenters. The molecule has 6 nitrogen and oxygen atoms in total. The lowest BCUT2D eigenvalue weighted by atomic mass is 10.2. The van der Waals surface area contributed by atoms with Gasteiger partial charge in [0.05, 0.1) is 17.3 Å². The maximum atomic E-state index is 12.9. The summed E-state index contributed by atoms with van der Waals surface area (Å²) in [5, 5.41) is 15.8. The van der Waals surface area contributed by atoms with Crippen molar-refractivity contribution in [3.05, 3.63) is 83.6 Å². The Morgan fingerprint density at radius 3 is 2.55 bits per heavy atom. The molecule has 9 heteroatoms. The molecule has 1 amide bonds. The number of phenolic OH excluding ortho intramolecular Hbond substituents is 1. The highest BCUT2D eigenvalue weighted by Gasteiger charge is 2.30. The highest BCUT2D eigenvalue weighted by Crippen LogP contribution is 2.31. The van der Waals surface area contributed by atoms with Gasteiger partial charge in [0.2, 0.25) is 0 Å². The molecule has 0 fully saturated rings. The van der Waals surface area contributed by atoms with Crippen LogP contribution in [0.4, 0.5) is 24.7 Å². The first kappa shape index (κ1) is 19.9. The number of carbonyl (C=O) groups is 1. The minimum atomic E-state index is -4.48. The molecule has 0 aliphatic carbocycles. The van der Waals surface area contributed by atoms with Crippen molar-refractivity contribution in [3.8, 4) is 5.75 Å². The molecule has 2 aromatic carbocycles. The van der Waals surface area contributed by atoms with E-state index in [1.165, 1.54) is 48.8 Å². The largest absolute Gasteiger partial charge is 0.508 e. The number of pyridine rings is 1. The van der Waals surface area contributed by atoms with Gasteiger partial charge in [-0.15, -0.1) is 0 Å². The minimum Gasteiger partial charge on any atom is -0.508 e. The summed E-state index contributed by atoms with van der Waals surface area (Å²) in [6, 6.07) is 13.7. The van der Waals surface area contributed by atoms with Crippen LogP contribution in [0.2, 0.25) is 0 Å². The minimum absolute atomic E-state index is 0.0872. The van der Waals surface area contributed by atoms with Gasteiger partial charge in [-0.25, -0.2) is 10.4 Å². The number of nitrogens with one attached hydrogen (secondary N) is 2. The Balaban J connectivity index is 1.75. The summed E-state index contributed by atoms with van der Waals surface area (Å²) in [5.41, 5.74) is 2.41. The van der Waals surface area contributed by atoms with Gasteiger partial charge >= 0.3 is 6.18 Å². The van der Waals surface area contributed by atoms with Crippen LogP contribution in [0.3, 0.4) is 0 Å². The van der Waals surface area contributed by atoms with Gasteiger partial charge in [-0.3, -0.25) is 4.79 Å². The first-order valence-corrected chi connectivity index (χ1v) is 8.35. The number of phenols is 1. The zero-order chi connectivity index (χ0) is 20.9. The van der Waals surface area contributed by atoms with Crippen molar-refractivity contribution in [1.29, 1.82) is 0 Å². The summed E-state index contributed by atoms with van der Waals surface area (Å²) in [7, 11) is 0. The van der Waals surface area contributed by atoms with Gasteiger partial charge in [-0.1, -0.05) is 6.07 Å². The van der Waals surface area contributed by atoms with Crippen LogP contribution >= 0.6 is 0 Å². The molecular formula is C20H15F3N4O2. The lowest BCUT2D eigenvalue weighted by molar-refractivity contribution is -0.137. The molecule has 3 N–H and O–H groups in total. The quantitative estimate of drug-likeness (QED) is 0.440. The number of aromatic nitrogens is 1. The second-order valence-electron chi connectivity index (χ2n) is 5.89. The van der Waals surface area contributed by atoms with Crippen molar-refractivity contribution in [2.24, 2.45) is 5.10 Å². The van der Waals surface area contributed by atoms with Crippen molar-refractivity contribution in [1.82, 2.24) is 10.4 Å². The van der Waals surface area contributed by atoms with E-state index in [-0.39, 0.29) is 22.8 Å². The summed E-state index contributed by atoms with van der Waals surface area (Å²) in [6.07, 6.45) is -1.69. The van der Waals surface area contributed by atoms with Gasteiger partial charge in [0.15, 0.2) is 0 Å². The Hall–Kier alpha value is -3.88. The second kappa shape index (κ2) is 8.42. The van der Waals surface area contributed by atoms with Crippen molar-refractivity contribution in [3.63, 3.8) is 0 Å². The first-order valence-electron chi connectivity index (χ1n) is 8.35. The lowest BCUT2D eigenvalue weighted by Crippen LogP contribution is -2.19. The van der Waals surface area contributed by atoms with Crippen LogP contribution in [0.15, 0.2) is 72.0 Å². The van der Waals surface area contributed by atoms with Crippen molar-refractivity contribution in [2.75, 3.05) is 5.32 Å². The van der Waals surface area contributed by atoms with Gasteiger partial charge in [0.1, 0.15) is 11.6 Å². The van der Waals surface area contributed by atoms with E-state index in [1.807, 2.05) is 0 Å². The van der Waals surface area contributed by atoms with Crippen LogP contribution in [-0.2, 0) is 6.18 Å². The number of alkyl halides is 3. The predicted molar refractivity (Wildman–Crippen MR) is 102 cm³/mol. The maximum Gasteiger partial charge on any atom is 0.416 e. The molecule has 148 valence electrons. The number of anilines is 2. The summed E-state index contributed by atoms with van der Waals surface area (Å²) < 4.78 is 38.6. The normalized spacial score (nSPS) is 11.4. The molecule has 1 heterocycles. The van der Waals surface area contributed by atoms with E-state index >= 15 is 0 Å². The Labute approximate surface area is 163 Å². The summed E-state index contributed by atoms with van der Waals surface area (Å²) >= 11 is 0. The van der Waals surface area contributed by atoms with Gasteiger partial charge in [-0.05, 0) is 60.2 Å². The Bertz CT molecular complexity index is 1030. The number of halogens is 3. The van der Waals surface area contributed by atoms with Crippen LogP contribution in [0.5, 0.6) is 5.75 Å². The summed E-state index contributed by atoms with van der Waals surface area (Å²) in [4.78, 5) is 16.4. The van der Waals surface area contributed by atoms with E-state index in [0.29, 0.717) is 5.56 Å². The molecule has 0 radical (unpaired) electrons. The monoisotopic (exact) mass is 400 g/mol. The smallest absolute Gasteiger partial charge is 0.416 e. The molecule has 3 aromatic rings. The third-order valence-electron chi connectivity index (χ3n) is 3.78. The molecular weight excluding hydrogens is 385 g/mol.